The zero-order valence-electron chi connectivity index (χ0n) is 12.4. The minimum atomic E-state index is -4.75. The van der Waals surface area contributed by atoms with Crippen LogP contribution in [0.15, 0.2) is 24.5 Å². The third kappa shape index (κ3) is 4.89. The summed E-state index contributed by atoms with van der Waals surface area (Å²) in [5, 5.41) is 7.92. The zero-order valence-corrected chi connectivity index (χ0v) is 12.4. The van der Waals surface area contributed by atoms with Gasteiger partial charge in [0.1, 0.15) is 17.5 Å². The lowest BCUT2D eigenvalue weighted by Gasteiger charge is -2.14. The average Bonchev–Trinajstić information content (AvgIpc) is 2.96. The molecule has 0 saturated carbocycles. The fourth-order valence-corrected chi connectivity index (χ4v) is 1.88. The number of halogens is 3. The Labute approximate surface area is 130 Å². The first-order chi connectivity index (χ1) is 10.9. The summed E-state index contributed by atoms with van der Waals surface area (Å²) in [5.41, 5.74) is 0.792. The van der Waals surface area contributed by atoms with Gasteiger partial charge in [-0.15, -0.1) is 18.3 Å². The molecule has 0 amide bonds. The molecule has 0 bridgehead atoms. The molecule has 0 N–H and O–H groups in total. The van der Waals surface area contributed by atoms with Gasteiger partial charge in [-0.3, -0.25) is 4.98 Å². The van der Waals surface area contributed by atoms with E-state index in [4.69, 9.17) is 9.47 Å². The standard InChI is InChI=1S/C13H15F3N4O3/c1-21-7-9(8-22-2)20-6-12(18-19-20)11-4-3-10(5-17-11)23-13(14,15)16/h3-6,9H,7-8H2,1-2H3. The van der Waals surface area contributed by atoms with Crippen molar-refractivity contribution in [2.45, 2.75) is 12.4 Å². The highest BCUT2D eigenvalue weighted by molar-refractivity contribution is 5.52. The monoisotopic (exact) mass is 332 g/mol. The zero-order chi connectivity index (χ0) is 16.9. The van der Waals surface area contributed by atoms with Crippen molar-refractivity contribution in [3.8, 4) is 17.1 Å². The molecule has 0 saturated heterocycles. The summed E-state index contributed by atoms with van der Waals surface area (Å²) in [4.78, 5) is 3.89. The van der Waals surface area contributed by atoms with Gasteiger partial charge in [0.25, 0.3) is 0 Å². The van der Waals surface area contributed by atoms with Crippen LogP contribution in [0.3, 0.4) is 0 Å². The second-order valence-electron chi connectivity index (χ2n) is 4.58. The molecule has 0 atom stereocenters. The molecule has 0 fully saturated rings. The van der Waals surface area contributed by atoms with Crippen LogP contribution in [0.4, 0.5) is 13.2 Å². The fourth-order valence-electron chi connectivity index (χ4n) is 1.88. The van der Waals surface area contributed by atoms with Gasteiger partial charge in [0.2, 0.25) is 0 Å². The molecule has 2 heterocycles. The minimum Gasteiger partial charge on any atom is -0.404 e. The smallest absolute Gasteiger partial charge is 0.404 e. The van der Waals surface area contributed by atoms with Crippen molar-refractivity contribution in [1.29, 1.82) is 0 Å². The van der Waals surface area contributed by atoms with E-state index in [1.54, 1.807) is 25.1 Å². The number of hydrogen-bond acceptors (Lipinski definition) is 6. The van der Waals surface area contributed by atoms with E-state index in [0.29, 0.717) is 24.6 Å². The Morgan fingerprint density at radius 2 is 1.83 bits per heavy atom. The Morgan fingerprint density at radius 1 is 1.13 bits per heavy atom. The predicted molar refractivity (Wildman–Crippen MR) is 72.7 cm³/mol. The van der Waals surface area contributed by atoms with Crippen LogP contribution in [0.2, 0.25) is 0 Å². The van der Waals surface area contributed by atoms with Crippen molar-refractivity contribution in [2.24, 2.45) is 0 Å². The summed E-state index contributed by atoms with van der Waals surface area (Å²) in [6, 6.07) is 2.37. The third-order valence-corrected chi connectivity index (χ3v) is 2.83. The third-order valence-electron chi connectivity index (χ3n) is 2.83. The van der Waals surface area contributed by atoms with Gasteiger partial charge in [-0.25, -0.2) is 4.68 Å². The molecule has 0 spiro atoms. The first-order valence-electron chi connectivity index (χ1n) is 6.55. The van der Waals surface area contributed by atoms with E-state index < -0.39 is 12.1 Å². The molecule has 7 nitrogen and oxygen atoms in total. The highest BCUT2D eigenvalue weighted by Crippen LogP contribution is 2.24. The maximum Gasteiger partial charge on any atom is 0.573 e. The second kappa shape index (κ2) is 7.38. The molecule has 2 aromatic rings. The quantitative estimate of drug-likeness (QED) is 0.773. The molecular formula is C13H15F3N4O3. The number of hydrogen-bond donors (Lipinski definition) is 0. The van der Waals surface area contributed by atoms with Crippen LogP contribution in [0, 0.1) is 0 Å². The summed E-state index contributed by atoms with van der Waals surface area (Å²) in [6.45, 7) is 0.755. The van der Waals surface area contributed by atoms with Gasteiger partial charge < -0.3 is 14.2 Å². The van der Waals surface area contributed by atoms with Crippen LogP contribution >= 0.6 is 0 Å². The Balaban J connectivity index is 2.13. The molecular weight excluding hydrogens is 317 g/mol. The SMILES string of the molecule is COCC(COC)n1cc(-c2ccc(OC(F)(F)F)cn2)nn1. The molecule has 0 aliphatic heterocycles. The molecule has 23 heavy (non-hydrogen) atoms. The van der Waals surface area contributed by atoms with Crippen LogP contribution in [-0.2, 0) is 9.47 Å². The number of aromatic nitrogens is 4. The summed E-state index contributed by atoms with van der Waals surface area (Å²) in [7, 11) is 3.11. The van der Waals surface area contributed by atoms with Gasteiger partial charge >= 0.3 is 6.36 Å². The first-order valence-corrected chi connectivity index (χ1v) is 6.55. The van der Waals surface area contributed by atoms with E-state index in [1.165, 1.54) is 6.07 Å². The fraction of sp³-hybridized carbons (Fsp3) is 0.462. The summed E-state index contributed by atoms with van der Waals surface area (Å²) < 4.78 is 51.8. The van der Waals surface area contributed by atoms with Crippen LogP contribution in [0.25, 0.3) is 11.4 Å². The number of ether oxygens (including phenoxy) is 3. The van der Waals surface area contributed by atoms with Crippen LogP contribution in [0.1, 0.15) is 6.04 Å². The lowest BCUT2D eigenvalue weighted by molar-refractivity contribution is -0.274. The number of methoxy groups -OCH3 is 2. The van der Waals surface area contributed by atoms with Crippen molar-refractivity contribution in [1.82, 2.24) is 20.0 Å². The van der Waals surface area contributed by atoms with E-state index in [0.717, 1.165) is 12.3 Å². The van der Waals surface area contributed by atoms with Crippen molar-refractivity contribution in [3.63, 3.8) is 0 Å². The van der Waals surface area contributed by atoms with E-state index in [1.807, 2.05) is 0 Å². The summed E-state index contributed by atoms with van der Waals surface area (Å²) in [5.74, 6) is -0.398. The largest absolute Gasteiger partial charge is 0.573 e. The molecule has 2 rings (SSSR count). The number of alkyl halides is 3. The molecule has 0 aliphatic carbocycles. The highest BCUT2D eigenvalue weighted by Gasteiger charge is 2.31. The number of pyridine rings is 1. The normalized spacial score (nSPS) is 11.9. The van der Waals surface area contributed by atoms with E-state index >= 15 is 0 Å². The van der Waals surface area contributed by atoms with E-state index in [2.05, 4.69) is 20.0 Å². The Kier molecular flexibility index (Phi) is 5.50. The molecule has 0 aromatic carbocycles. The average molecular weight is 332 g/mol. The maximum atomic E-state index is 12.1. The summed E-state index contributed by atoms with van der Waals surface area (Å²) in [6.07, 6.45) is -2.15. The van der Waals surface area contributed by atoms with Gasteiger partial charge in [-0.05, 0) is 12.1 Å². The van der Waals surface area contributed by atoms with Crippen molar-refractivity contribution in [3.05, 3.63) is 24.5 Å². The van der Waals surface area contributed by atoms with Gasteiger partial charge in [0, 0.05) is 14.2 Å². The van der Waals surface area contributed by atoms with Crippen LogP contribution in [-0.4, -0.2) is 53.8 Å². The lowest BCUT2D eigenvalue weighted by Crippen LogP contribution is -2.20. The molecule has 0 aliphatic rings. The van der Waals surface area contributed by atoms with Crippen molar-refractivity contribution in [2.75, 3.05) is 27.4 Å². The van der Waals surface area contributed by atoms with Gasteiger partial charge in [-0.1, -0.05) is 5.21 Å². The van der Waals surface area contributed by atoms with E-state index in [-0.39, 0.29) is 6.04 Å². The molecule has 2 aromatic heterocycles. The second-order valence-corrected chi connectivity index (χ2v) is 4.58. The topological polar surface area (TPSA) is 71.3 Å². The first kappa shape index (κ1) is 17.2. The lowest BCUT2D eigenvalue weighted by atomic mass is 10.3. The van der Waals surface area contributed by atoms with E-state index in [9.17, 15) is 13.2 Å². The van der Waals surface area contributed by atoms with Gasteiger partial charge in [0.05, 0.1) is 31.3 Å². The molecule has 0 unspecified atom stereocenters. The minimum absolute atomic E-state index is 0.168. The molecule has 10 heteroatoms. The molecule has 0 radical (unpaired) electrons. The number of rotatable bonds is 7. The van der Waals surface area contributed by atoms with Gasteiger partial charge in [0.15, 0.2) is 0 Å². The van der Waals surface area contributed by atoms with Crippen LogP contribution < -0.4 is 4.74 Å². The van der Waals surface area contributed by atoms with Crippen molar-refractivity contribution >= 4 is 0 Å². The predicted octanol–water partition coefficient (Wildman–Crippen LogP) is 2.07. The Bertz CT molecular complexity index is 610. The Morgan fingerprint density at radius 3 is 2.35 bits per heavy atom. The number of nitrogens with zero attached hydrogens (tertiary/aromatic N) is 4. The Hall–Kier alpha value is -2.20. The van der Waals surface area contributed by atoms with Crippen LogP contribution in [0.5, 0.6) is 5.75 Å². The maximum absolute atomic E-state index is 12.1. The van der Waals surface area contributed by atoms with Gasteiger partial charge in [-0.2, -0.15) is 0 Å². The van der Waals surface area contributed by atoms with Crippen molar-refractivity contribution < 1.29 is 27.4 Å². The highest BCUT2D eigenvalue weighted by atomic mass is 19.4. The summed E-state index contributed by atoms with van der Waals surface area (Å²) >= 11 is 0. The molecule has 126 valence electrons.